The summed E-state index contributed by atoms with van der Waals surface area (Å²) in [6.45, 7) is 2.47. The Morgan fingerprint density at radius 2 is 2.05 bits per heavy atom. The van der Waals surface area contributed by atoms with Crippen molar-refractivity contribution >= 4 is 5.91 Å². The van der Waals surface area contributed by atoms with Gasteiger partial charge in [-0.05, 0) is 24.2 Å². The van der Waals surface area contributed by atoms with Gasteiger partial charge in [0.2, 0.25) is 0 Å². The summed E-state index contributed by atoms with van der Waals surface area (Å²) in [7, 11) is 0. The average molecular weight is 282 g/mol. The zero-order chi connectivity index (χ0) is 15.0. The molecule has 0 heterocycles. The summed E-state index contributed by atoms with van der Waals surface area (Å²) in [5.41, 5.74) is 0.464. The molecule has 0 aliphatic rings. The summed E-state index contributed by atoms with van der Waals surface area (Å²) in [5.74, 6) is -0.597. The number of carbonyl (C=O) groups is 1. The van der Waals surface area contributed by atoms with Gasteiger partial charge < -0.3 is 15.4 Å². The lowest BCUT2D eigenvalue weighted by Gasteiger charge is -2.10. The number of nitrogens with one attached hydrogen (secondary N) is 2. The number of ether oxygens (including phenoxy) is 1. The summed E-state index contributed by atoms with van der Waals surface area (Å²) in [4.78, 5) is 11.2. The molecule has 2 N–H and O–H groups in total. The Morgan fingerprint density at radius 1 is 1.40 bits per heavy atom. The van der Waals surface area contributed by atoms with Gasteiger partial charge in [0.15, 0.2) is 24.0 Å². The van der Waals surface area contributed by atoms with Gasteiger partial charge in [0.05, 0.1) is 6.54 Å². The van der Waals surface area contributed by atoms with Gasteiger partial charge in [-0.3, -0.25) is 4.79 Å². The quantitative estimate of drug-likeness (QED) is 0.739. The summed E-state index contributed by atoms with van der Waals surface area (Å²) < 4.78 is 32.2. The molecule has 4 nitrogen and oxygen atoms in total. The van der Waals surface area contributed by atoms with Crippen LogP contribution in [-0.4, -0.2) is 25.6 Å². The monoisotopic (exact) mass is 282 g/mol. The fourth-order valence-corrected chi connectivity index (χ4v) is 1.46. The Morgan fingerprint density at radius 3 is 2.60 bits per heavy atom. The van der Waals surface area contributed by atoms with Crippen molar-refractivity contribution in [3.8, 4) is 18.1 Å². The second-order valence-corrected chi connectivity index (χ2v) is 3.94. The number of amides is 1. The van der Waals surface area contributed by atoms with Crippen LogP contribution in [0.15, 0.2) is 12.1 Å². The first-order valence-electron chi connectivity index (χ1n) is 6.10. The minimum Gasteiger partial charge on any atom is -0.478 e. The minimum atomic E-state index is -0.845. The van der Waals surface area contributed by atoms with E-state index in [-0.39, 0.29) is 6.54 Å². The molecule has 0 atom stereocenters. The van der Waals surface area contributed by atoms with E-state index in [0.717, 1.165) is 0 Å². The van der Waals surface area contributed by atoms with Crippen molar-refractivity contribution in [1.29, 1.82) is 0 Å². The molecule has 0 aliphatic heterocycles. The van der Waals surface area contributed by atoms with Crippen molar-refractivity contribution in [2.24, 2.45) is 0 Å². The number of benzene rings is 1. The molecule has 0 fully saturated rings. The molecule has 1 amide bonds. The summed E-state index contributed by atoms with van der Waals surface area (Å²) in [6, 6.07) is 2.33. The van der Waals surface area contributed by atoms with Crippen molar-refractivity contribution in [3.63, 3.8) is 0 Å². The second-order valence-electron chi connectivity index (χ2n) is 3.94. The molecule has 0 aromatic heterocycles. The Bertz CT molecular complexity index is 489. The van der Waals surface area contributed by atoms with Crippen LogP contribution < -0.4 is 15.4 Å². The maximum absolute atomic E-state index is 13.7. The maximum Gasteiger partial charge on any atom is 0.258 e. The van der Waals surface area contributed by atoms with Crippen LogP contribution in [0.2, 0.25) is 0 Å². The minimum absolute atomic E-state index is 0.0365. The lowest BCUT2D eigenvalue weighted by Crippen LogP contribution is -2.29. The third kappa shape index (κ3) is 4.86. The summed E-state index contributed by atoms with van der Waals surface area (Å²) in [5, 5.41) is 5.28. The Kier molecular flexibility index (Phi) is 6.47. The predicted octanol–water partition coefficient (Wildman–Crippen LogP) is 1.20. The van der Waals surface area contributed by atoms with Crippen LogP contribution in [0.25, 0.3) is 0 Å². The zero-order valence-electron chi connectivity index (χ0n) is 11.1. The van der Waals surface area contributed by atoms with Crippen LogP contribution in [0.1, 0.15) is 12.5 Å². The van der Waals surface area contributed by atoms with Gasteiger partial charge >= 0.3 is 0 Å². The van der Waals surface area contributed by atoms with E-state index in [1.54, 1.807) is 0 Å². The van der Waals surface area contributed by atoms with Crippen LogP contribution in [0.5, 0.6) is 5.75 Å². The lowest BCUT2D eigenvalue weighted by atomic mass is 10.2. The highest BCUT2D eigenvalue weighted by Crippen LogP contribution is 2.23. The summed E-state index contributed by atoms with van der Waals surface area (Å²) >= 11 is 0. The van der Waals surface area contributed by atoms with E-state index in [0.29, 0.717) is 18.7 Å². The standard InChI is InChI=1S/C14H16F2N2O2/c1-3-5-18-13(19)9-20-14-11(15)6-10(7-12(14)16)8-17-4-2/h1,6-7,17H,4-5,8-9H2,2H3,(H,18,19). The first kappa shape index (κ1) is 15.9. The van der Waals surface area contributed by atoms with Gasteiger partial charge in [0.1, 0.15) is 0 Å². The Hall–Kier alpha value is -2.13. The largest absolute Gasteiger partial charge is 0.478 e. The molecule has 6 heteroatoms. The number of carbonyl (C=O) groups excluding carboxylic acids is 1. The van der Waals surface area contributed by atoms with E-state index in [1.165, 1.54) is 12.1 Å². The first-order valence-corrected chi connectivity index (χ1v) is 6.10. The van der Waals surface area contributed by atoms with E-state index in [9.17, 15) is 13.6 Å². The van der Waals surface area contributed by atoms with Gasteiger partial charge in [0, 0.05) is 6.54 Å². The van der Waals surface area contributed by atoms with Crippen LogP contribution >= 0.6 is 0 Å². The number of rotatable bonds is 7. The smallest absolute Gasteiger partial charge is 0.258 e. The van der Waals surface area contributed by atoms with Crippen LogP contribution in [0.4, 0.5) is 8.78 Å². The number of hydrogen-bond acceptors (Lipinski definition) is 3. The van der Waals surface area contributed by atoms with Crippen LogP contribution in [0.3, 0.4) is 0 Å². The van der Waals surface area contributed by atoms with Gasteiger partial charge in [-0.15, -0.1) is 6.42 Å². The van der Waals surface area contributed by atoms with Crippen molar-refractivity contribution < 1.29 is 18.3 Å². The normalized spacial score (nSPS) is 9.90. The SMILES string of the molecule is C#CCNC(=O)COc1c(F)cc(CNCC)cc1F. The van der Waals surface area contributed by atoms with E-state index in [2.05, 4.69) is 16.6 Å². The highest BCUT2D eigenvalue weighted by molar-refractivity contribution is 5.77. The van der Waals surface area contributed by atoms with Crippen LogP contribution in [-0.2, 0) is 11.3 Å². The van der Waals surface area contributed by atoms with Crippen molar-refractivity contribution in [2.45, 2.75) is 13.5 Å². The fourth-order valence-electron chi connectivity index (χ4n) is 1.46. The molecule has 1 rings (SSSR count). The maximum atomic E-state index is 13.7. The lowest BCUT2D eigenvalue weighted by molar-refractivity contribution is -0.122. The Labute approximate surface area is 116 Å². The molecule has 20 heavy (non-hydrogen) atoms. The molecule has 0 unspecified atom stereocenters. The van der Waals surface area contributed by atoms with Crippen molar-refractivity contribution in [3.05, 3.63) is 29.3 Å². The zero-order valence-corrected chi connectivity index (χ0v) is 11.1. The van der Waals surface area contributed by atoms with Gasteiger partial charge in [0.25, 0.3) is 5.91 Å². The van der Waals surface area contributed by atoms with Crippen molar-refractivity contribution in [2.75, 3.05) is 19.7 Å². The van der Waals surface area contributed by atoms with E-state index in [1.807, 2.05) is 6.92 Å². The summed E-state index contributed by atoms with van der Waals surface area (Å²) in [6.07, 6.45) is 4.96. The molecule has 0 saturated carbocycles. The Balaban J connectivity index is 2.67. The molecule has 0 spiro atoms. The molecule has 0 radical (unpaired) electrons. The first-order chi connectivity index (χ1) is 9.58. The van der Waals surface area contributed by atoms with E-state index in [4.69, 9.17) is 11.2 Å². The topological polar surface area (TPSA) is 50.4 Å². The van der Waals surface area contributed by atoms with Gasteiger partial charge in [-0.25, -0.2) is 8.78 Å². The number of terminal acetylenes is 1. The van der Waals surface area contributed by atoms with Crippen LogP contribution in [0, 0.1) is 24.0 Å². The fraction of sp³-hybridized carbons (Fsp3) is 0.357. The molecular weight excluding hydrogens is 266 g/mol. The van der Waals surface area contributed by atoms with E-state index < -0.39 is 29.9 Å². The van der Waals surface area contributed by atoms with Crippen molar-refractivity contribution in [1.82, 2.24) is 10.6 Å². The number of halogens is 2. The van der Waals surface area contributed by atoms with Gasteiger partial charge in [-0.1, -0.05) is 12.8 Å². The van der Waals surface area contributed by atoms with Gasteiger partial charge in [-0.2, -0.15) is 0 Å². The molecule has 0 bridgehead atoms. The third-order valence-corrected chi connectivity index (χ3v) is 2.37. The molecule has 1 aromatic rings. The molecule has 0 saturated heterocycles. The van der Waals surface area contributed by atoms with E-state index >= 15 is 0 Å². The molecule has 1 aromatic carbocycles. The molecule has 0 aliphatic carbocycles. The average Bonchev–Trinajstić information content (AvgIpc) is 2.41. The number of hydrogen-bond donors (Lipinski definition) is 2. The highest BCUT2D eigenvalue weighted by Gasteiger charge is 2.14. The molecule has 108 valence electrons. The molecular formula is C14H16F2N2O2. The predicted molar refractivity (Wildman–Crippen MR) is 71.1 cm³/mol. The second kappa shape index (κ2) is 8.12. The third-order valence-electron chi connectivity index (χ3n) is 2.37. The highest BCUT2D eigenvalue weighted by atomic mass is 19.1.